The van der Waals surface area contributed by atoms with Gasteiger partial charge in [0, 0.05) is 24.2 Å². The maximum absolute atomic E-state index is 16.1. The third kappa shape index (κ3) is 7.72. The molecule has 0 aromatic heterocycles. The first kappa shape index (κ1) is 45.0. The summed E-state index contributed by atoms with van der Waals surface area (Å²) in [5, 5.41) is 2.95. The number of carbonyl (C=O) groups is 6. The van der Waals surface area contributed by atoms with Crippen molar-refractivity contribution in [2.75, 3.05) is 0 Å². The van der Waals surface area contributed by atoms with E-state index >= 15 is 4.39 Å². The summed E-state index contributed by atoms with van der Waals surface area (Å²) >= 11 is 0. The molecule has 0 radical (unpaired) electrons. The Bertz CT molecular complexity index is 2170. The van der Waals surface area contributed by atoms with Crippen LogP contribution >= 0.6 is 0 Å². The quantitative estimate of drug-likeness (QED) is 0.147. The number of rotatable bonds is 15. The van der Waals surface area contributed by atoms with Crippen molar-refractivity contribution in [1.29, 1.82) is 0 Å². The molecule has 0 bridgehead atoms. The summed E-state index contributed by atoms with van der Waals surface area (Å²) < 4.78 is 30.8. The Morgan fingerprint density at radius 3 is 1.74 bits per heavy atom. The lowest BCUT2D eigenvalue weighted by molar-refractivity contribution is -0.147. The number of benzene rings is 3. The number of fused-ring (bicyclic) bond motifs is 1. The van der Waals surface area contributed by atoms with Gasteiger partial charge in [-0.1, -0.05) is 64.1 Å². The van der Waals surface area contributed by atoms with Crippen molar-refractivity contribution in [2.45, 2.75) is 136 Å². The van der Waals surface area contributed by atoms with Crippen molar-refractivity contribution in [3.63, 3.8) is 0 Å². The molecule has 3 aliphatic rings. The number of likely N-dealkylation sites (tertiary alicyclic amines) is 2. The van der Waals surface area contributed by atoms with Gasteiger partial charge in [0.25, 0.3) is 11.8 Å². The molecule has 6 atom stereocenters. The van der Waals surface area contributed by atoms with Crippen LogP contribution < -0.4 is 16.8 Å². The number of imide groups is 1. The van der Waals surface area contributed by atoms with E-state index in [0.29, 0.717) is 49.7 Å². The Hall–Kier alpha value is -5.50. The molecule has 0 saturated carbocycles. The Labute approximate surface area is 356 Å². The highest BCUT2D eigenvalue weighted by atomic mass is 19.1. The van der Waals surface area contributed by atoms with Crippen molar-refractivity contribution < 1.29 is 37.5 Å². The lowest BCUT2D eigenvalue weighted by atomic mass is 9.73. The number of halogens is 2. The van der Waals surface area contributed by atoms with Crippen molar-refractivity contribution in [2.24, 2.45) is 22.3 Å². The van der Waals surface area contributed by atoms with Gasteiger partial charge in [0.15, 0.2) is 0 Å². The van der Waals surface area contributed by atoms with Crippen LogP contribution in [0.25, 0.3) is 0 Å². The van der Waals surface area contributed by atoms with Crippen molar-refractivity contribution in [3.8, 4) is 0 Å². The summed E-state index contributed by atoms with van der Waals surface area (Å²) in [4.78, 5) is 87.1. The minimum atomic E-state index is -1.24. The molecule has 3 heterocycles. The molecule has 12 nitrogen and oxygen atoms in total. The molecular formula is C47H58F2N6O6. The van der Waals surface area contributed by atoms with Crippen LogP contribution in [0.4, 0.5) is 8.78 Å². The summed E-state index contributed by atoms with van der Waals surface area (Å²) in [6.45, 7) is 10.3. The second kappa shape index (κ2) is 17.8. The molecule has 3 aromatic rings. The fourth-order valence-corrected chi connectivity index (χ4v) is 10.5. The van der Waals surface area contributed by atoms with Crippen LogP contribution in [0.3, 0.4) is 0 Å². The van der Waals surface area contributed by atoms with Crippen LogP contribution in [0.2, 0.25) is 0 Å². The number of carbonyl (C=O) groups excluding carboxylic acids is 6. The molecule has 3 aliphatic heterocycles. The molecule has 14 heteroatoms. The Morgan fingerprint density at radius 2 is 1.25 bits per heavy atom. The van der Waals surface area contributed by atoms with E-state index in [2.05, 4.69) is 5.32 Å². The zero-order valence-electron chi connectivity index (χ0n) is 35.9. The summed E-state index contributed by atoms with van der Waals surface area (Å²) in [7, 11) is 0. The smallest absolute Gasteiger partial charge is 0.262 e. The normalized spacial score (nSPS) is 21.4. The average molecular weight is 841 g/mol. The minimum absolute atomic E-state index is 0.182. The van der Waals surface area contributed by atoms with E-state index in [-0.39, 0.29) is 42.0 Å². The van der Waals surface area contributed by atoms with Crippen LogP contribution in [0, 0.1) is 22.5 Å². The molecule has 6 rings (SSSR count). The van der Waals surface area contributed by atoms with Gasteiger partial charge >= 0.3 is 0 Å². The van der Waals surface area contributed by atoms with Gasteiger partial charge < -0.3 is 26.6 Å². The number of primary amides is 1. The maximum atomic E-state index is 16.1. The molecule has 3 aromatic carbocycles. The number of amides is 6. The van der Waals surface area contributed by atoms with E-state index in [1.54, 1.807) is 53.1 Å². The summed E-state index contributed by atoms with van der Waals surface area (Å²) in [5.74, 6) is -4.09. The van der Waals surface area contributed by atoms with Gasteiger partial charge in [-0.05, 0) is 107 Å². The number of hydrogen-bond donors (Lipinski definition) is 3. The molecule has 0 unspecified atom stereocenters. The maximum Gasteiger partial charge on any atom is 0.262 e. The monoisotopic (exact) mass is 840 g/mol. The zero-order chi connectivity index (χ0) is 44.6. The molecular weight excluding hydrogens is 783 g/mol. The predicted molar refractivity (Wildman–Crippen MR) is 225 cm³/mol. The van der Waals surface area contributed by atoms with Gasteiger partial charge in [-0.3, -0.25) is 33.7 Å². The second-order valence-corrected chi connectivity index (χ2v) is 16.9. The fraction of sp³-hybridized carbons (Fsp3) is 0.489. The van der Waals surface area contributed by atoms with Crippen LogP contribution in [0.1, 0.15) is 142 Å². The molecule has 61 heavy (non-hydrogen) atoms. The first-order valence-corrected chi connectivity index (χ1v) is 21.5. The van der Waals surface area contributed by atoms with Crippen LogP contribution in [0.15, 0.2) is 66.7 Å². The summed E-state index contributed by atoms with van der Waals surface area (Å²) in [6.07, 6.45) is 3.14. The molecule has 0 spiro atoms. The van der Waals surface area contributed by atoms with E-state index in [1.165, 1.54) is 37.3 Å². The van der Waals surface area contributed by atoms with Crippen molar-refractivity contribution in [1.82, 2.24) is 20.0 Å². The van der Waals surface area contributed by atoms with Crippen molar-refractivity contribution >= 4 is 35.4 Å². The van der Waals surface area contributed by atoms with Crippen LogP contribution in [-0.4, -0.2) is 74.3 Å². The van der Waals surface area contributed by atoms with Gasteiger partial charge in [0.2, 0.25) is 23.6 Å². The van der Waals surface area contributed by atoms with Crippen LogP contribution in [-0.2, 0) is 25.7 Å². The van der Waals surface area contributed by atoms with Gasteiger partial charge in [0.05, 0.1) is 40.1 Å². The summed E-state index contributed by atoms with van der Waals surface area (Å²) in [6, 6.07) is 12.4. The highest BCUT2D eigenvalue weighted by Gasteiger charge is 2.55. The first-order chi connectivity index (χ1) is 29.0. The van der Waals surface area contributed by atoms with Crippen LogP contribution in [0.5, 0.6) is 0 Å². The number of nitrogens with zero attached hydrogens (tertiary/aromatic N) is 3. The number of nitrogens with two attached hydrogens (primary N) is 2. The van der Waals surface area contributed by atoms with E-state index in [4.69, 9.17) is 11.5 Å². The lowest BCUT2D eigenvalue weighted by Gasteiger charge is -2.44. The number of hydrogen-bond acceptors (Lipinski definition) is 7. The number of nitrogens with one attached hydrogen (secondary N) is 1. The fourth-order valence-electron chi connectivity index (χ4n) is 10.5. The Balaban J connectivity index is 1.27. The van der Waals surface area contributed by atoms with E-state index in [0.717, 1.165) is 4.90 Å². The highest BCUT2D eigenvalue weighted by Crippen LogP contribution is 2.49. The molecule has 326 valence electrons. The standard InChI is InChI=1S/C47H58F2N6O6/c1-7-46(8-2,44(51)60)38-22-20-37(54(38)40(56)27(5)50)30-18-19-31(35(49)25-30)26-52-45(61)47(9-3,10-4)39-23-21-36(29-14-13-15-32(48)24-29)55(39)41(57)28(6)53-42(58)33-16-11-12-17-34(33)43(53)59/h11-19,24-25,27-28,36-39H,7-10,20-23,26,50H2,1-6H3,(H2,51,60)(H,52,61)/t27-,28-,36+,37+,38-,39-/m1/s1. The topological polar surface area (TPSA) is 176 Å². The molecule has 2 saturated heterocycles. The third-order valence-electron chi connectivity index (χ3n) is 14.1. The van der Waals surface area contributed by atoms with E-state index in [9.17, 15) is 33.2 Å². The summed E-state index contributed by atoms with van der Waals surface area (Å²) in [5.41, 5.74) is 11.5. The molecule has 0 aliphatic carbocycles. The van der Waals surface area contributed by atoms with Gasteiger partial charge in [0.1, 0.15) is 17.7 Å². The average Bonchev–Trinajstić information content (AvgIpc) is 3.96. The molecule has 6 amide bonds. The van der Waals surface area contributed by atoms with E-state index in [1.807, 2.05) is 27.7 Å². The predicted octanol–water partition coefficient (Wildman–Crippen LogP) is 6.48. The minimum Gasteiger partial charge on any atom is -0.369 e. The third-order valence-corrected chi connectivity index (χ3v) is 14.1. The van der Waals surface area contributed by atoms with Gasteiger partial charge in [-0.2, -0.15) is 0 Å². The molecule has 2 fully saturated rings. The molecule has 5 N–H and O–H groups in total. The Kier molecular flexibility index (Phi) is 13.2. The van der Waals surface area contributed by atoms with Crippen molar-refractivity contribution in [3.05, 3.63) is 106 Å². The largest absolute Gasteiger partial charge is 0.369 e. The SMILES string of the molecule is CCC(CC)(C(N)=O)[C@H]1CC[C@@H](c2ccc(CNC(=O)C(CC)(CC)[C@H]3CC[C@@H](c4cccc(F)c4)N3C(=O)[C@@H](C)N3C(=O)c4ccccc4C3=O)c(F)c2)N1C(=O)[C@@H](C)N. The second-order valence-electron chi connectivity index (χ2n) is 16.9. The van der Waals surface area contributed by atoms with Gasteiger partial charge in [-0.15, -0.1) is 0 Å². The van der Waals surface area contributed by atoms with Gasteiger partial charge in [-0.25, -0.2) is 8.78 Å². The zero-order valence-corrected chi connectivity index (χ0v) is 35.9. The lowest BCUT2D eigenvalue weighted by Crippen LogP contribution is -2.58. The first-order valence-electron chi connectivity index (χ1n) is 21.5. The van der Waals surface area contributed by atoms with E-state index < -0.39 is 88.3 Å². The highest BCUT2D eigenvalue weighted by molar-refractivity contribution is 6.22. The Morgan fingerprint density at radius 1 is 0.721 bits per heavy atom.